The molecule has 0 bridgehead atoms. The lowest BCUT2D eigenvalue weighted by atomic mass is 10.1. The first-order valence-electron chi connectivity index (χ1n) is 6.62. The van der Waals surface area contributed by atoms with Crippen molar-refractivity contribution in [2.75, 3.05) is 7.11 Å². The summed E-state index contributed by atoms with van der Waals surface area (Å²) in [6, 6.07) is 10.9. The van der Waals surface area contributed by atoms with Crippen molar-refractivity contribution >= 4 is 5.97 Å². The SMILES string of the molecule is COc1ccc(C)cc1COc1c(C)cccc1C(=O)O. The molecule has 110 valence electrons. The maximum atomic E-state index is 11.3. The summed E-state index contributed by atoms with van der Waals surface area (Å²) in [5.41, 5.74) is 2.94. The number of aromatic carboxylic acids is 1. The minimum Gasteiger partial charge on any atom is -0.496 e. The molecule has 0 saturated heterocycles. The fourth-order valence-corrected chi connectivity index (χ4v) is 2.18. The quantitative estimate of drug-likeness (QED) is 0.912. The van der Waals surface area contributed by atoms with Crippen LogP contribution in [0.1, 0.15) is 27.0 Å². The van der Waals surface area contributed by atoms with Gasteiger partial charge in [0.2, 0.25) is 0 Å². The van der Waals surface area contributed by atoms with Gasteiger partial charge in [0.05, 0.1) is 7.11 Å². The fourth-order valence-electron chi connectivity index (χ4n) is 2.18. The van der Waals surface area contributed by atoms with E-state index in [1.54, 1.807) is 13.2 Å². The lowest BCUT2D eigenvalue weighted by molar-refractivity contribution is 0.0691. The van der Waals surface area contributed by atoms with E-state index in [9.17, 15) is 9.90 Å². The second-order valence-electron chi connectivity index (χ2n) is 4.86. The van der Waals surface area contributed by atoms with Gasteiger partial charge >= 0.3 is 5.97 Å². The summed E-state index contributed by atoms with van der Waals surface area (Å²) in [4.78, 5) is 11.3. The van der Waals surface area contributed by atoms with E-state index in [-0.39, 0.29) is 12.2 Å². The van der Waals surface area contributed by atoms with Crippen molar-refractivity contribution in [3.63, 3.8) is 0 Å². The monoisotopic (exact) mass is 286 g/mol. The number of benzene rings is 2. The molecule has 1 N–H and O–H groups in total. The van der Waals surface area contributed by atoms with E-state index in [1.807, 2.05) is 38.1 Å². The first-order chi connectivity index (χ1) is 10.0. The smallest absolute Gasteiger partial charge is 0.339 e. The normalized spacial score (nSPS) is 10.2. The maximum absolute atomic E-state index is 11.3. The van der Waals surface area contributed by atoms with Crippen molar-refractivity contribution in [3.8, 4) is 11.5 Å². The van der Waals surface area contributed by atoms with Crippen molar-refractivity contribution in [1.29, 1.82) is 0 Å². The highest BCUT2D eigenvalue weighted by Crippen LogP contribution is 2.27. The Kier molecular flexibility index (Phi) is 4.48. The Bertz CT molecular complexity index is 662. The predicted molar refractivity (Wildman–Crippen MR) is 80.2 cm³/mol. The van der Waals surface area contributed by atoms with Crippen LogP contribution in [0, 0.1) is 13.8 Å². The first kappa shape index (κ1) is 14.9. The Morgan fingerprint density at radius 1 is 1.19 bits per heavy atom. The van der Waals surface area contributed by atoms with Crippen LogP contribution in [0.4, 0.5) is 0 Å². The van der Waals surface area contributed by atoms with Gasteiger partial charge in [-0.05, 0) is 37.6 Å². The lowest BCUT2D eigenvalue weighted by Crippen LogP contribution is -2.06. The summed E-state index contributed by atoms with van der Waals surface area (Å²) in [7, 11) is 1.60. The number of carboxylic acids is 1. The molecule has 0 amide bonds. The van der Waals surface area contributed by atoms with Crippen LogP contribution < -0.4 is 9.47 Å². The van der Waals surface area contributed by atoms with E-state index < -0.39 is 5.97 Å². The van der Waals surface area contributed by atoms with Crippen LogP contribution >= 0.6 is 0 Å². The number of ether oxygens (including phenoxy) is 2. The minimum absolute atomic E-state index is 0.168. The lowest BCUT2D eigenvalue weighted by Gasteiger charge is -2.14. The largest absolute Gasteiger partial charge is 0.496 e. The first-order valence-corrected chi connectivity index (χ1v) is 6.62. The third kappa shape index (κ3) is 3.34. The van der Waals surface area contributed by atoms with E-state index in [4.69, 9.17) is 9.47 Å². The predicted octanol–water partition coefficient (Wildman–Crippen LogP) is 3.59. The van der Waals surface area contributed by atoms with Gasteiger partial charge in [0.1, 0.15) is 23.7 Å². The number of methoxy groups -OCH3 is 1. The number of rotatable bonds is 5. The van der Waals surface area contributed by atoms with Gasteiger partial charge in [-0.15, -0.1) is 0 Å². The van der Waals surface area contributed by atoms with Crippen LogP contribution in [0.15, 0.2) is 36.4 Å². The number of hydrogen-bond donors (Lipinski definition) is 1. The van der Waals surface area contributed by atoms with E-state index in [2.05, 4.69) is 0 Å². The average molecular weight is 286 g/mol. The van der Waals surface area contributed by atoms with Gasteiger partial charge in [-0.3, -0.25) is 0 Å². The van der Waals surface area contributed by atoms with Gasteiger partial charge in [-0.25, -0.2) is 4.79 Å². The topological polar surface area (TPSA) is 55.8 Å². The Hall–Kier alpha value is -2.49. The number of carboxylic acid groups (broad SMARTS) is 1. The summed E-state index contributed by atoms with van der Waals surface area (Å²) < 4.78 is 11.1. The van der Waals surface area contributed by atoms with E-state index in [1.165, 1.54) is 6.07 Å². The molecule has 0 saturated carbocycles. The molecule has 4 heteroatoms. The molecule has 0 unspecified atom stereocenters. The van der Waals surface area contributed by atoms with E-state index >= 15 is 0 Å². The number of para-hydroxylation sites is 1. The average Bonchev–Trinajstić information content (AvgIpc) is 2.45. The van der Waals surface area contributed by atoms with Crippen molar-refractivity contribution in [2.24, 2.45) is 0 Å². The molecule has 0 atom stereocenters. The minimum atomic E-state index is -0.995. The van der Waals surface area contributed by atoms with Crippen molar-refractivity contribution in [1.82, 2.24) is 0 Å². The van der Waals surface area contributed by atoms with Gasteiger partial charge in [0, 0.05) is 5.56 Å². The Labute approximate surface area is 123 Å². The molecule has 0 aliphatic heterocycles. The third-order valence-electron chi connectivity index (χ3n) is 3.25. The fraction of sp³-hybridized carbons (Fsp3) is 0.235. The van der Waals surface area contributed by atoms with Crippen LogP contribution in [0.3, 0.4) is 0 Å². The van der Waals surface area contributed by atoms with Crippen LogP contribution in [0.2, 0.25) is 0 Å². The Morgan fingerprint density at radius 3 is 2.62 bits per heavy atom. The molecule has 0 fully saturated rings. The molecule has 0 heterocycles. The van der Waals surface area contributed by atoms with Crippen molar-refractivity contribution in [3.05, 3.63) is 58.7 Å². The molecule has 0 aliphatic carbocycles. The number of carbonyl (C=O) groups is 1. The van der Waals surface area contributed by atoms with E-state index in [0.29, 0.717) is 5.75 Å². The van der Waals surface area contributed by atoms with Gasteiger partial charge in [0.15, 0.2) is 0 Å². The number of hydrogen-bond acceptors (Lipinski definition) is 3. The Morgan fingerprint density at radius 2 is 1.95 bits per heavy atom. The summed E-state index contributed by atoms with van der Waals surface area (Å²) >= 11 is 0. The molecular weight excluding hydrogens is 268 g/mol. The second-order valence-corrected chi connectivity index (χ2v) is 4.86. The van der Waals surface area contributed by atoms with Crippen LogP contribution in [0.5, 0.6) is 11.5 Å². The van der Waals surface area contributed by atoms with Crippen LogP contribution in [0.25, 0.3) is 0 Å². The molecule has 21 heavy (non-hydrogen) atoms. The van der Waals surface area contributed by atoms with Crippen LogP contribution in [-0.2, 0) is 6.61 Å². The highest BCUT2D eigenvalue weighted by molar-refractivity contribution is 5.91. The number of aryl methyl sites for hydroxylation is 2. The highest BCUT2D eigenvalue weighted by Gasteiger charge is 2.14. The maximum Gasteiger partial charge on any atom is 0.339 e. The van der Waals surface area contributed by atoms with Gasteiger partial charge in [0.25, 0.3) is 0 Å². The van der Waals surface area contributed by atoms with Gasteiger partial charge in [-0.1, -0.05) is 23.8 Å². The summed E-state index contributed by atoms with van der Waals surface area (Å²) in [5.74, 6) is 0.129. The van der Waals surface area contributed by atoms with E-state index in [0.717, 1.165) is 22.4 Å². The molecule has 0 radical (unpaired) electrons. The third-order valence-corrected chi connectivity index (χ3v) is 3.25. The zero-order valence-electron chi connectivity index (χ0n) is 12.3. The summed E-state index contributed by atoms with van der Waals surface area (Å²) in [6.07, 6.45) is 0. The summed E-state index contributed by atoms with van der Waals surface area (Å²) in [6.45, 7) is 4.07. The zero-order valence-corrected chi connectivity index (χ0v) is 12.3. The molecule has 0 spiro atoms. The molecule has 0 aromatic heterocycles. The molecule has 0 aliphatic rings. The van der Waals surface area contributed by atoms with Crippen molar-refractivity contribution in [2.45, 2.75) is 20.5 Å². The molecule has 2 rings (SSSR count). The highest BCUT2D eigenvalue weighted by atomic mass is 16.5. The van der Waals surface area contributed by atoms with Crippen LogP contribution in [-0.4, -0.2) is 18.2 Å². The second kappa shape index (κ2) is 6.31. The summed E-state index contributed by atoms with van der Waals surface area (Å²) in [5, 5.41) is 9.23. The molecule has 4 nitrogen and oxygen atoms in total. The Balaban J connectivity index is 2.28. The molecule has 2 aromatic rings. The zero-order chi connectivity index (χ0) is 15.4. The van der Waals surface area contributed by atoms with Gasteiger partial charge in [-0.2, -0.15) is 0 Å². The van der Waals surface area contributed by atoms with Gasteiger partial charge < -0.3 is 14.6 Å². The standard InChI is InChI=1S/C17H18O4/c1-11-7-8-15(20-3)13(9-11)10-21-16-12(2)5-4-6-14(16)17(18)19/h4-9H,10H2,1-3H3,(H,18,19). The molecular formula is C17H18O4. The molecule has 2 aromatic carbocycles. The van der Waals surface area contributed by atoms with Crippen molar-refractivity contribution < 1.29 is 19.4 Å².